The summed E-state index contributed by atoms with van der Waals surface area (Å²) in [6, 6.07) is 0. The SMILES string of the molecule is CCCCCCCCN1C=C[N+](CC)=CC1. The molecule has 16 heavy (non-hydrogen) atoms. The molecule has 1 heterocycles. The molecule has 1 aliphatic rings. The summed E-state index contributed by atoms with van der Waals surface area (Å²) < 4.78 is 2.25. The zero-order chi connectivity index (χ0) is 11.6. The highest BCUT2D eigenvalue weighted by Gasteiger charge is 2.07. The molecule has 0 spiro atoms. The van der Waals surface area contributed by atoms with Gasteiger partial charge in [0, 0.05) is 6.54 Å². The Morgan fingerprint density at radius 2 is 1.81 bits per heavy atom. The van der Waals surface area contributed by atoms with Crippen molar-refractivity contribution in [1.82, 2.24) is 4.90 Å². The molecule has 0 aromatic rings. The van der Waals surface area contributed by atoms with Gasteiger partial charge in [-0.15, -0.1) is 0 Å². The van der Waals surface area contributed by atoms with Crippen molar-refractivity contribution in [1.29, 1.82) is 0 Å². The first kappa shape index (κ1) is 13.3. The van der Waals surface area contributed by atoms with Crippen LogP contribution in [-0.4, -0.2) is 35.3 Å². The Labute approximate surface area is 101 Å². The second-order valence-electron chi connectivity index (χ2n) is 4.57. The van der Waals surface area contributed by atoms with Crippen LogP contribution in [0.4, 0.5) is 0 Å². The van der Waals surface area contributed by atoms with Crippen molar-refractivity contribution < 1.29 is 4.58 Å². The molecular formula is C14H27N2+. The maximum absolute atomic E-state index is 2.41. The summed E-state index contributed by atoms with van der Waals surface area (Å²) in [6.07, 6.45) is 15.0. The Morgan fingerprint density at radius 3 is 2.44 bits per heavy atom. The monoisotopic (exact) mass is 223 g/mol. The largest absolute Gasteiger partial charge is 0.363 e. The van der Waals surface area contributed by atoms with Crippen LogP contribution in [0.2, 0.25) is 0 Å². The summed E-state index contributed by atoms with van der Waals surface area (Å²) in [5, 5.41) is 0. The maximum atomic E-state index is 2.41. The van der Waals surface area contributed by atoms with E-state index in [2.05, 4.69) is 41.9 Å². The molecule has 2 heteroatoms. The van der Waals surface area contributed by atoms with Gasteiger partial charge in [0.2, 0.25) is 0 Å². The lowest BCUT2D eigenvalue weighted by molar-refractivity contribution is -0.452. The second kappa shape index (κ2) is 8.37. The van der Waals surface area contributed by atoms with Crippen molar-refractivity contribution in [2.24, 2.45) is 0 Å². The van der Waals surface area contributed by atoms with Crippen LogP contribution in [0, 0.1) is 0 Å². The molecule has 0 saturated carbocycles. The minimum Gasteiger partial charge on any atom is -0.363 e. The third-order valence-electron chi connectivity index (χ3n) is 3.18. The molecule has 0 N–H and O–H groups in total. The molecule has 92 valence electrons. The number of rotatable bonds is 8. The fourth-order valence-corrected chi connectivity index (χ4v) is 2.01. The number of hydrogen-bond acceptors (Lipinski definition) is 1. The molecule has 0 aliphatic carbocycles. The van der Waals surface area contributed by atoms with Crippen LogP contribution in [-0.2, 0) is 0 Å². The van der Waals surface area contributed by atoms with Gasteiger partial charge >= 0.3 is 0 Å². The highest BCUT2D eigenvalue weighted by Crippen LogP contribution is 2.06. The Hall–Kier alpha value is -0.790. The average Bonchev–Trinajstić information content (AvgIpc) is 2.34. The van der Waals surface area contributed by atoms with Gasteiger partial charge in [-0.05, 0) is 13.3 Å². The van der Waals surface area contributed by atoms with Gasteiger partial charge < -0.3 is 4.90 Å². The first-order valence-electron chi connectivity index (χ1n) is 6.88. The van der Waals surface area contributed by atoms with Gasteiger partial charge in [-0.2, -0.15) is 0 Å². The predicted molar refractivity (Wildman–Crippen MR) is 71.0 cm³/mol. The molecular weight excluding hydrogens is 196 g/mol. The molecule has 2 nitrogen and oxygen atoms in total. The zero-order valence-electron chi connectivity index (χ0n) is 11.0. The summed E-state index contributed by atoms with van der Waals surface area (Å²) in [5.41, 5.74) is 0. The third kappa shape index (κ3) is 5.34. The number of hydrogen-bond donors (Lipinski definition) is 0. The fourth-order valence-electron chi connectivity index (χ4n) is 2.01. The normalized spacial score (nSPS) is 15.4. The van der Waals surface area contributed by atoms with Crippen LogP contribution in [0.1, 0.15) is 52.4 Å². The van der Waals surface area contributed by atoms with E-state index in [1.807, 2.05) is 0 Å². The number of nitrogens with zero attached hydrogens (tertiary/aromatic N) is 2. The van der Waals surface area contributed by atoms with E-state index in [0.29, 0.717) is 0 Å². The molecule has 0 amide bonds. The van der Waals surface area contributed by atoms with Crippen LogP contribution < -0.4 is 0 Å². The van der Waals surface area contributed by atoms with Crippen molar-refractivity contribution >= 4 is 6.21 Å². The van der Waals surface area contributed by atoms with E-state index in [9.17, 15) is 0 Å². The summed E-state index contributed by atoms with van der Waals surface area (Å²) in [7, 11) is 0. The Kier molecular flexibility index (Phi) is 6.95. The van der Waals surface area contributed by atoms with E-state index in [4.69, 9.17) is 0 Å². The fraction of sp³-hybridized carbons (Fsp3) is 0.786. The van der Waals surface area contributed by atoms with Crippen molar-refractivity contribution in [3.63, 3.8) is 0 Å². The van der Waals surface area contributed by atoms with Gasteiger partial charge in [0.05, 0.1) is 12.7 Å². The first-order chi connectivity index (χ1) is 7.86. The van der Waals surface area contributed by atoms with Crippen molar-refractivity contribution in [2.45, 2.75) is 52.4 Å². The molecule has 0 fully saturated rings. The highest BCUT2D eigenvalue weighted by atomic mass is 15.2. The number of unbranched alkanes of at least 4 members (excludes halogenated alkanes) is 5. The van der Waals surface area contributed by atoms with Gasteiger partial charge in [0.1, 0.15) is 6.54 Å². The van der Waals surface area contributed by atoms with E-state index >= 15 is 0 Å². The summed E-state index contributed by atoms with van der Waals surface area (Å²) in [4.78, 5) is 2.41. The Balaban J connectivity index is 1.99. The van der Waals surface area contributed by atoms with E-state index in [1.54, 1.807) is 0 Å². The van der Waals surface area contributed by atoms with Crippen molar-refractivity contribution in [3.05, 3.63) is 12.4 Å². The van der Waals surface area contributed by atoms with Crippen molar-refractivity contribution in [3.8, 4) is 0 Å². The van der Waals surface area contributed by atoms with Gasteiger partial charge in [-0.3, -0.25) is 0 Å². The highest BCUT2D eigenvalue weighted by molar-refractivity contribution is 5.55. The summed E-state index contributed by atoms with van der Waals surface area (Å²) >= 11 is 0. The lowest BCUT2D eigenvalue weighted by Gasteiger charge is -2.18. The quantitative estimate of drug-likeness (QED) is 0.452. The van der Waals surface area contributed by atoms with E-state index < -0.39 is 0 Å². The van der Waals surface area contributed by atoms with Gasteiger partial charge in [-0.1, -0.05) is 39.0 Å². The van der Waals surface area contributed by atoms with Gasteiger partial charge in [-0.25, -0.2) is 4.58 Å². The molecule has 0 atom stereocenters. The standard InChI is InChI=1S/C14H27N2/c1-3-5-6-7-8-9-10-16-13-11-15(4-2)12-14-16/h11-13H,3-10,14H2,1-2H3/q+1. The molecule has 0 aromatic carbocycles. The average molecular weight is 223 g/mol. The molecule has 0 radical (unpaired) electrons. The first-order valence-corrected chi connectivity index (χ1v) is 6.88. The summed E-state index contributed by atoms with van der Waals surface area (Å²) in [5.74, 6) is 0. The molecule has 1 rings (SSSR count). The van der Waals surface area contributed by atoms with Crippen LogP contribution in [0.15, 0.2) is 12.4 Å². The summed E-state index contributed by atoms with van der Waals surface area (Å²) in [6.45, 7) is 7.84. The molecule has 0 aromatic heterocycles. The van der Waals surface area contributed by atoms with Gasteiger partial charge in [0.15, 0.2) is 12.4 Å². The lowest BCUT2D eigenvalue weighted by atomic mass is 10.1. The minimum absolute atomic E-state index is 1.08. The van der Waals surface area contributed by atoms with Crippen LogP contribution >= 0.6 is 0 Å². The molecule has 0 bridgehead atoms. The molecule has 1 aliphatic heterocycles. The van der Waals surface area contributed by atoms with E-state index in [1.165, 1.54) is 45.1 Å². The zero-order valence-corrected chi connectivity index (χ0v) is 11.0. The minimum atomic E-state index is 1.08. The third-order valence-corrected chi connectivity index (χ3v) is 3.18. The maximum Gasteiger partial charge on any atom is 0.184 e. The predicted octanol–water partition coefficient (Wildman–Crippen LogP) is 3.24. The smallest absolute Gasteiger partial charge is 0.184 e. The van der Waals surface area contributed by atoms with Gasteiger partial charge in [0.25, 0.3) is 0 Å². The van der Waals surface area contributed by atoms with E-state index in [-0.39, 0.29) is 0 Å². The molecule has 0 saturated heterocycles. The molecule has 0 unspecified atom stereocenters. The topological polar surface area (TPSA) is 6.25 Å². The van der Waals surface area contributed by atoms with Crippen molar-refractivity contribution in [2.75, 3.05) is 19.6 Å². The van der Waals surface area contributed by atoms with E-state index in [0.717, 1.165) is 13.1 Å². The lowest BCUT2D eigenvalue weighted by Crippen LogP contribution is -2.28. The second-order valence-corrected chi connectivity index (χ2v) is 4.57. The van der Waals surface area contributed by atoms with Crippen LogP contribution in [0.5, 0.6) is 0 Å². The van der Waals surface area contributed by atoms with Crippen LogP contribution in [0.3, 0.4) is 0 Å². The van der Waals surface area contributed by atoms with Crippen LogP contribution in [0.25, 0.3) is 0 Å². The Morgan fingerprint density at radius 1 is 1.06 bits per heavy atom. The Bertz CT molecular complexity index is 231.